The van der Waals surface area contributed by atoms with Crippen LogP contribution in [0.3, 0.4) is 0 Å². The number of hydrogen-bond acceptors (Lipinski definition) is 5. The zero-order valence-electron chi connectivity index (χ0n) is 18.0. The summed E-state index contributed by atoms with van der Waals surface area (Å²) in [4.78, 5) is 4.38. The molecule has 2 heterocycles. The van der Waals surface area contributed by atoms with Gasteiger partial charge in [-0.25, -0.2) is 4.98 Å². The lowest BCUT2D eigenvalue weighted by Gasteiger charge is -2.40. The van der Waals surface area contributed by atoms with Crippen LogP contribution in [0.25, 0.3) is 0 Å². The number of nitrogens with zero attached hydrogens (tertiary/aromatic N) is 1. The molecule has 6 heteroatoms. The average Bonchev–Trinajstić information content (AvgIpc) is 2.97. The van der Waals surface area contributed by atoms with Gasteiger partial charge >= 0.3 is 0 Å². The molecule has 0 N–H and O–H groups in total. The standard InChI is InChI=1S/C21H35NO3SSi/c1-20(2,3)17(25-27(7,8)21(4,5)6)15-24-16-12-14-23-19(16)26-18-11-9-10-13-22-18/h9-11,13,15-16,19H,12,14H2,1-8H3/b17-15-/t16-,19-/m0/s1. The second kappa shape index (κ2) is 8.58. The lowest BCUT2D eigenvalue weighted by molar-refractivity contribution is 0.0803. The minimum atomic E-state index is -1.93. The van der Waals surface area contributed by atoms with Gasteiger partial charge in [0.15, 0.2) is 0 Å². The van der Waals surface area contributed by atoms with Gasteiger partial charge in [-0.2, -0.15) is 0 Å². The van der Waals surface area contributed by atoms with Crippen molar-refractivity contribution in [2.45, 2.75) is 82.7 Å². The van der Waals surface area contributed by atoms with Crippen LogP contribution in [0.4, 0.5) is 0 Å². The summed E-state index contributed by atoms with van der Waals surface area (Å²) in [5.41, 5.74) is -0.163. The molecule has 1 aromatic heterocycles. The quantitative estimate of drug-likeness (QED) is 0.412. The van der Waals surface area contributed by atoms with Crippen molar-refractivity contribution >= 4 is 20.1 Å². The maximum Gasteiger partial charge on any atom is 0.250 e. The summed E-state index contributed by atoms with van der Waals surface area (Å²) in [6, 6.07) is 5.91. The molecule has 152 valence electrons. The molecule has 0 unspecified atom stereocenters. The van der Waals surface area contributed by atoms with E-state index in [-0.39, 0.29) is 22.0 Å². The fourth-order valence-corrected chi connectivity index (χ4v) is 4.50. The first-order valence-electron chi connectivity index (χ1n) is 9.64. The highest BCUT2D eigenvalue weighted by Gasteiger charge is 2.41. The molecule has 0 bridgehead atoms. The number of ether oxygens (including phenoxy) is 2. The van der Waals surface area contributed by atoms with Gasteiger partial charge in [0.05, 0.1) is 11.6 Å². The zero-order valence-corrected chi connectivity index (χ0v) is 19.9. The van der Waals surface area contributed by atoms with Gasteiger partial charge in [-0.15, -0.1) is 0 Å². The summed E-state index contributed by atoms with van der Waals surface area (Å²) in [6.45, 7) is 18.5. The largest absolute Gasteiger partial charge is 0.544 e. The molecule has 1 saturated heterocycles. The molecule has 1 fully saturated rings. The topological polar surface area (TPSA) is 40.6 Å². The van der Waals surface area contributed by atoms with E-state index in [0.29, 0.717) is 6.61 Å². The molecule has 1 aliphatic rings. The molecule has 4 nitrogen and oxygen atoms in total. The Hall–Kier alpha value is -0.983. The summed E-state index contributed by atoms with van der Waals surface area (Å²) < 4.78 is 18.7. The molecular formula is C21H35NO3SSi. The van der Waals surface area contributed by atoms with Gasteiger partial charge in [0.2, 0.25) is 8.32 Å². The molecule has 0 radical (unpaired) electrons. The van der Waals surface area contributed by atoms with E-state index in [1.54, 1.807) is 18.0 Å². The highest BCUT2D eigenvalue weighted by molar-refractivity contribution is 7.99. The first kappa shape index (κ1) is 22.3. The van der Waals surface area contributed by atoms with Crippen molar-refractivity contribution in [3.63, 3.8) is 0 Å². The van der Waals surface area contributed by atoms with E-state index < -0.39 is 8.32 Å². The average molecular weight is 410 g/mol. The number of aromatic nitrogens is 1. The predicted octanol–water partition coefficient (Wildman–Crippen LogP) is 6.21. The number of allylic oxidation sites excluding steroid dienone is 1. The van der Waals surface area contributed by atoms with Gasteiger partial charge in [-0.3, -0.25) is 0 Å². The van der Waals surface area contributed by atoms with Crippen LogP contribution in [0, 0.1) is 5.41 Å². The maximum atomic E-state index is 6.60. The van der Waals surface area contributed by atoms with Crippen LogP contribution in [0.5, 0.6) is 0 Å². The zero-order chi connectivity index (χ0) is 20.3. The third-order valence-electron chi connectivity index (χ3n) is 5.12. The summed E-state index contributed by atoms with van der Waals surface area (Å²) in [5, 5.41) is 1.10. The van der Waals surface area contributed by atoms with Gasteiger partial charge < -0.3 is 13.9 Å². The Balaban J connectivity index is 2.10. The van der Waals surface area contributed by atoms with Crippen LogP contribution >= 0.6 is 11.8 Å². The van der Waals surface area contributed by atoms with E-state index >= 15 is 0 Å². The molecule has 0 saturated carbocycles. The van der Waals surface area contributed by atoms with Gasteiger partial charge in [-0.1, -0.05) is 59.4 Å². The van der Waals surface area contributed by atoms with Gasteiger partial charge in [0, 0.05) is 18.0 Å². The normalized spacial score (nSPS) is 22.0. The Labute approximate surface area is 170 Å². The molecular weight excluding hydrogens is 374 g/mol. The van der Waals surface area contributed by atoms with E-state index in [1.807, 2.05) is 24.5 Å². The first-order chi connectivity index (χ1) is 12.4. The smallest absolute Gasteiger partial charge is 0.250 e. The van der Waals surface area contributed by atoms with Gasteiger partial charge in [-0.05, 0) is 30.3 Å². The van der Waals surface area contributed by atoms with Crippen molar-refractivity contribution in [1.29, 1.82) is 0 Å². The minimum absolute atomic E-state index is 0.00243. The lowest BCUT2D eigenvalue weighted by atomic mass is 9.95. The van der Waals surface area contributed by atoms with Crippen molar-refractivity contribution in [2.75, 3.05) is 6.61 Å². The summed E-state index contributed by atoms with van der Waals surface area (Å²) in [5.74, 6) is 0.919. The molecule has 1 aliphatic heterocycles. The van der Waals surface area contributed by atoms with Crippen molar-refractivity contribution < 1.29 is 13.9 Å². The third-order valence-corrected chi connectivity index (χ3v) is 10.6. The Kier molecular flexibility index (Phi) is 7.09. The lowest BCUT2D eigenvalue weighted by Crippen LogP contribution is -2.42. The molecule has 2 atom stereocenters. The first-order valence-corrected chi connectivity index (χ1v) is 13.4. The van der Waals surface area contributed by atoms with Gasteiger partial charge in [0.1, 0.15) is 23.6 Å². The SMILES string of the molecule is CC(C)(C)/C(=C/O[C@H]1CCO[C@H]1Sc1ccccn1)O[Si](C)(C)C(C)(C)C. The van der Waals surface area contributed by atoms with E-state index in [4.69, 9.17) is 13.9 Å². The van der Waals surface area contributed by atoms with Crippen LogP contribution in [0.15, 0.2) is 41.4 Å². The predicted molar refractivity (Wildman–Crippen MR) is 115 cm³/mol. The molecule has 0 amide bonds. The summed E-state index contributed by atoms with van der Waals surface area (Å²) in [7, 11) is -1.93. The van der Waals surface area contributed by atoms with Gasteiger partial charge in [0.25, 0.3) is 0 Å². The van der Waals surface area contributed by atoms with Crippen molar-refractivity contribution in [1.82, 2.24) is 4.98 Å². The Morgan fingerprint density at radius 1 is 1.22 bits per heavy atom. The second-order valence-electron chi connectivity index (χ2n) is 9.58. The number of thioether (sulfide) groups is 1. The second-order valence-corrected chi connectivity index (χ2v) is 15.4. The minimum Gasteiger partial charge on any atom is -0.544 e. The van der Waals surface area contributed by atoms with E-state index in [9.17, 15) is 0 Å². The third kappa shape index (κ3) is 6.26. The summed E-state index contributed by atoms with van der Waals surface area (Å²) in [6.07, 6.45) is 4.51. The van der Waals surface area contributed by atoms with E-state index in [0.717, 1.165) is 17.2 Å². The molecule has 27 heavy (non-hydrogen) atoms. The van der Waals surface area contributed by atoms with Crippen LogP contribution in [0.2, 0.25) is 18.1 Å². The maximum absolute atomic E-state index is 6.60. The number of pyridine rings is 1. The molecule has 1 aromatic rings. The van der Waals surface area contributed by atoms with Crippen molar-refractivity contribution in [2.24, 2.45) is 5.41 Å². The number of rotatable bonds is 6. The van der Waals surface area contributed by atoms with E-state index in [1.165, 1.54) is 0 Å². The highest BCUT2D eigenvalue weighted by Crippen LogP contribution is 2.41. The summed E-state index contributed by atoms with van der Waals surface area (Å²) >= 11 is 1.62. The van der Waals surface area contributed by atoms with Crippen LogP contribution in [-0.2, 0) is 13.9 Å². The van der Waals surface area contributed by atoms with Crippen molar-refractivity contribution in [3.05, 3.63) is 36.4 Å². The monoisotopic (exact) mass is 409 g/mol. The fourth-order valence-electron chi connectivity index (χ4n) is 2.25. The Morgan fingerprint density at radius 3 is 2.48 bits per heavy atom. The highest BCUT2D eigenvalue weighted by atomic mass is 32.2. The Morgan fingerprint density at radius 2 is 1.93 bits per heavy atom. The van der Waals surface area contributed by atoms with E-state index in [2.05, 4.69) is 59.6 Å². The fraction of sp³-hybridized carbons (Fsp3) is 0.667. The molecule has 2 rings (SSSR count). The van der Waals surface area contributed by atoms with Crippen LogP contribution in [-0.4, -0.2) is 31.4 Å². The Bertz CT molecular complexity index is 635. The van der Waals surface area contributed by atoms with Crippen LogP contribution < -0.4 is 0 Å². The molecule has 0 aromatic carbocycles. The van der Waals surface area contributed by atoms with Crippen molar-refractivity contribution in [3.8, 4) is 0 Å². The van der Waals surface area contributed by atoms with Crippen LogP contribution in [0.1, 0.15) is 48.0 Å². The molecule has 0 spiro atoms. The molecule has 0 aliphatic carbocycles. The number of hydrogen-bond donors (Lipinski definition) is 0.